The van der Waals surface area contributed by atoms with Crippen molar-refractivity contribution in [3.8, 4) is 11.5 Å². The number of benzene rings is 2. The van der Waals surface area contributed by atoms with Crippen molar-refractivity contribution in [2.75, 3.05) is 27.3 Å². The number of para-hydroxylation sites is 1. The Balaban J connectivity index is 1.98. The molecule has 0 spiro atoms. The Hall–Kier alpha value is -2.05. The third kappa shape index (κ3) is 4.24. The molecule has 6 heteroatoms. The van der Waals surface area contributed by atoms with E-state index < -0.39 is 10.0 Å². The standard InChI is InChI=1S/C17H21NO4S/c1-14-6-4-5-7-17(14)22-13-12-18(2)23(19,20)16-10-8-15(21-3)9-11-16/h4-11H,12-13H2,1-3H3. The highest BCUT2D eigenvalue weighted by atomic mass is 32.2. The van der Waals surface area contributed by atoms with Crippen molar-refractivity contribution in [2.45, 2.75) is 11.8 Å². The molecule has 2 rings (SSSR count). The molecule has 2 aromatic carbocycles. The molecule has 23 heavy (non-hydrogen) atoms. The quantitative estimate of drug-likeness (QED) is 0.781. The van der Waals surface area contributed by atoms with Gasteiger partial charge in [0.05, 0.1) is 12.0 Å². The summed E-state index contributed by atoms with van der Waals surface area (Å²) in [4.78, 5) is 0.233. The molecular formula is C17H21NO4S. The van der Waals surface area contributed by atoms with Gasteiger partial charge in [0, 0.05) is 13.6 Å². The fraction of sp³-hybridized carbons (Fsp3) is 0.294. The van der Waals surface area contributed by atoms with E-state index >= 15 is 0 Å². The molecule has 0 saturated carbocycles. The Bertz CT molecular complexity index is 741. The molecule has 2 aromatic rings. The summed E-state index contributed by atoms with van der Waals surface area (Å²) in [7, 11) is -0.448. The molecule has 0 atom stereocenters. The van der Waals surface area contributed by atoms with Crippen LogP contribution in [0.3, 0.4) is 0 Å². The molecule has 0 radical (unpaired) electrons. The van der Waals surface area contributed by atoms with Crippen molar-refractivity contribution in [3.05, 3.63) is 54.1 Å². The maximum atomic E-state index is 12.5. The molecule has 0 N–H and O–H groups in total. The van der Waals surface area contributed by atoms with Crippen molar-refractivity contribution >= 4 is 10.0 Å². The van der Waals surface area contributed by atoms with E-state index in [1.807, 2.05) is 31.2 Å². The lowest BCUT2D eigenvalue weighted by Gasteiger charge is -2.18. The molecule has 0 amide bonds. The number of likely N-dealkylation sites (N-methyl/N-ethyl adjacent to an activating group) is 1. The zero-order chi connectivity index (χ0) is 16.9. The largest absolute Gasteiger partial charge is 0.497 e. The number of nitrogens with zero attached hydrogens (tertiary/aromatic N) is 1. The second-order valence-electron chi connectivity index (χ2n) is 5.12. The zero-order valence-electron chi connectivity index (χ0n) is 13.5. The zero-order valence-corrected chi connectivity index (χ0v) is 14.3. The van der Waals surface area contributed by atoms with Crippen molar-refractivity contribution in [3.63, 3.8) is 0 Å². The van der Waals surface area contributed by atoms with Crippen LogP contribution in [0.5, 0.6) is 11.5 Å². The number of methoxy groups -OCH3 is 1. The minimum atomic E-state index is -3.53. The lowest BCUT2D eigenvalue weighted by Crippen LogP contribution is -2.31. The van der Waals surface area contributed by atoms with Gasteiger partial charge in [-0.15, -0.1) is 0 Å². The third-order valence-corrected chi connectivity index (χ3v) is 5.40. The number of hydrogen-bond acceptors (Lipinski definition) is 4. The molecule has 0 aliphatic rings. The van der Waals surface area contributed by atoms with Crippen LogP contribution in [-0.2, 0) is 10.0 Å². The molecule has 0 aromatic heterocycles. The van der Waals surface area contributed by atoms with E-state index in [0.29, 0.717) is 5.75 Å². The van der Waals surface area contributed by atoms with E-state index in [-0.39, 0.29) is 18.0 Å². The van der Waals surface area contributed by atoms with Gasteiger partial charge in [0.25, 0.3) is 0 Å². The Labute approximate surface area is 137 Å². The number of aryl methyl sites for hydroxylation is 1. The van der Waals surface area contributed by atoms with Gasteiger partial charge in [-0.25, -0.2) is 8.42 Å². The van der Waals surface area contributed by atoms with Gasteiger partial charge in [0.2, 0.25) is 10.0 Å². The van der Waals surface area contributed by atoms with Crippen LogP contribution in [0.4, 0.5) is 0 Å². The molecule has 0 unspecified atom stereocenters. The van der Waals surface area contributed by atoms with Crippen LogP contribution in [0.1, 0.15) is 5.56 Å². The molecule has 0 aliphatic carbocycles. The summed E-state index contributed by atoms with van der Waals surface area (Å²) in [6.45, 7) is 2.51. The monoisotopic (exact) mass is 335 g/mol. The predicted molar refractivity (Wildman–Crippen MR) is 89.5 cm³/mol. The average molecular weight is 335 g/mol. The predicted octanol–water partition coefficient (Wildman–Crippen LogP) is 2.70. The topological polar surface area (TPSA) is 55.8 Å². The van der Waals surface area contributed by atoms with Crippen LogP contribution in [-0.4, -0.2) is 40.0 Å². The molecule has 0 aliphatic heterocycles. The Morgan fingerprint density at radius 3 is 2.30 bits per heavy atom. The second-order valence-corrected chi connectivity index (χ2v) is 7.16. The molecular weight excluding hydrogens is 314 g/mol. The number of rotatable bonds is 7. The first-order valence-corrected chi connectivity index (χ1v) is 8.68. The molecule has 5 nitrogen and oxygen atoms in total. The maximum absolute atomic E-state index is 12.5. The van der Waals surface area contributed by atoms with E-state index in [9.17, 15) is 8.42 Å². The van der Waals surface area contributed by atoms with Gasteiger partial charge < -0.3 is 9.47 Å². The Kier molecular flexibility index (Phi) is 5.63. The van der Waals surface area contributed by atoms with E-state index in [1.165, 1.54) is 16.4 Å². The summed E-state index contributed by atoms with van der Waals surface area (Å²) in [5.41, 5.74) is 1.02. The van der Waals surface area contributed by atoms with Gasteiger partial charge in [-0.05, 0) is 42.8 Å². The second kappa shape index (κ2) is 7.48. The molecule has 0 saturated heterocycles. The lowest BCUT2D eigenvalue weighted by atomic mass is 10.2. The fourth-order valence-electron chi connectivity index (χ4n) is 2.05. The Morgan fingerprint density at radius 1 is 1.04 bits per heavy atom. The Morgan fingerprint density at radius 2 is 1.70 bits per heavy atom. The molecule has 0 bridgehead atoms. The summed E-state index contributed by atoms with van der Waals surface area (Å²) < 4.78 is 36.9. The van der Waals surface area contributed by atoms with Gasteiger partial charge in [0.15, 0.2) is 0 Å². The first-order valence-electron chi connectivity index (χ1n) is 7.24. The lowest BCUT2D eigenvalue weighted by molar-refractivity contribution is 0.285. The van der Waals surface area contributed by atoms with Crippen LogP contribution < -0.4 is 9.47 Å². The van der Waals surface area contributed by atoms with Gasteiger partial charge >= 0.3 is 0 Å². The van der Waals surface area contributed by atoms with Crippen LogP contribution in [0.25, 0.3) is 0 Å². The van der Waals surface area contributed by atoms with Crippen LogP contribution in [0.2, 0.25) is 0 Å². The average Bonchev–Trinajstić information content (AvgIpc) is 2.56. The van der Waals surface area contributed by atoms with Gasteiger partial charge in [-0.1, -0.05) is 18.2 Å². The summed E-state index contributed by atoms with van der Waals surface area (Å²) in [5, 5.41) is 0. The van der Waals surface area contributed by atoms with Crippen LogP contribution in [0, 0.1) is 6.92 Å². The van der Waals surface area contributed by atoms with Gasteiger partial charge in [0.1, 0.15) is 18.1 Å². The summed E-state index contributed by atoms with van der Waals surface area (Å²) in [6, 6.07) is 14.0. The summed E-state index contributed by atoms with van der Waals surface area (Å²) in [5.74, 6) is 1.39. The first-order chi connectivity index (χ1) is 10.9. The van der Waals surface area contributed by atoms with Crippen molar-refractivity contribution in [2.24, 2.45) is 0 Å². The summed E-state index contributed by atoms with van der Waals surface area (Å²) in [6.07, 6.45) is 0. The highest BCUT2D eigenvalue weighted by Crippen LogP contribution is 2.19. The summed E-state index contributed by atoms with van der Waals surface area (Å²) >= 11 is 0. The van der Waals surface area contributed by atoms with Crippen LogP contribution in [0.15, 0.2) is 53.4 Å². The highest BCUT2D eigenvalue weighted by molar-refractivity contribution is 7.89. The minimum absolute atomic E-state index is 0.233. The number of sulfonamides is 1. The first kappa shape index (κ1) is 17.3. The normalized spacial score (nSPS) is 11.5. The third-order valence-electron chi connectivity index (χ3n) is 3.52. The van der Waals surface area contributed by atoms with Gasteiger partial charge in [-0.2, -0.15) is 4.31 Å². The van der Waals surface area contributed by atoms with E-state index in [4.69, 9.17) is 9.47 Å². The molecule has 0 fully saturated rings. The number of hydrogen-bond donors (Lipinski definition) is 0. The van der Waals surface area contributed by atoms with E-state index in [1.54, 1.807) is 26.3 Å². The number of ether oxygens (including phenoxy) is 2. The van der Waals surface area contributed by atoms with Crippen LogP contribution >= 0.6 is 0 Å². The molecule has 124 valence electrons. The van der Waals surface area contributed by atoms with Crippen molar-refractivity contribution in [1.82, 2.24) is 4.31 Å². The fourth-order valence-corrected chi connectivity index (χ4v) is 3.21. The maximum Gasteiger partial charge on any atom is 0.242 e. The smallest absolute Gasteiger partial charge is 0.242 e. The highest BCUT2D eigenvalue weighted by Gasteiger charge is 2.20. The van der Waals surface area contributed by atoms with Crippen molar-refractivity contribution < 1.29 is 17.9 Å². The SMILES string of the molecule is COc1ccc(S(=O)(=O)N(C)CCOc2ccccc2C)cc1. The van der Waals surface area contributed by atoms with E-state index in [0.717, 1.165) is 11.3 Å². The minimum Gasteiger partial charge on any atom is -0.497 e. The van der Waals surface area contributed by atoms with Gasteiger partial charge in [-0.3, -0.25) is 0 Å². The van der Waals surface area contributed by atoms with Crippen molar-refractivity contribution in [1.29, 1.82) is 0 Å². The van der Waals surface area contributed by atoms with E-state index in [2.05, 4.69) is 0 Å². The molecule has 0 heterocycles.